The summed E-state index contributed by atoms with van der Waals surface area (Å²) < 4.78 is 20.1. The highest BCUT2D eigenvalue weighted by molar-refractivity contribution is 8.13. The highest BCUT2D eigenvalue weighted by atomic mass is 32.2. The summed E-state index contributed by atoms with van der Waals surface area (Å²) in [5, 5.41) is 11.2. The largest absolute Gasteiger partial charge is 0.508 e. The number of nitro groups is 1. The number of methoxy groups -OCH3 is 2. The van der Waals surface area contributed by atoms with Crippen LogP contribution in [0.15, 0.2) is 12.1 Å². The molecule has 0 spiro atoms. The van der Waals surface area contributed by atoms with Crippen molar-refractivity contribution in [3.05, 3.63) is 27.8 Å². The molecular formula is C20H31NO8S. The zero-order chi connectivity index (χ0) is 23.3. The molecule has 170 valence electrons. The molecular weight excluding hydrogens is 414 g/mol. The fourth-order valence-corrected chi connectivity index (χ4v) is 2.90. The van der Waals surface area contributed by atoms with Crippen molar-refractivity contribution >= 4 is 28.7 Å². The van der Waals surface area contributed by atoms with Crippen LogP contribution >= 0.6 is 11.8 Å². The Balaban J connectivity index is 0.00000407. The van der Waals surface area contributed by atoms with Crippen LogP contribution in [0.1, 0.15) is 46.6 Å². The zero-order valence-corrected chi connectivity index (χ0v) is 19.4. The van der Waals surface area contributed by atoms with E-state index in [0.717, 1.165) is 6.42 Å². The second-order valence-corrected chi connectivity index (χ2v) is 7.51. The van der Waals surface area contributed by atoms with Crippen LogP contribution in [0, 0.1) is 15.5 Å². The van der Waals surface area contributed by atoms with Crippen LogP contribution in [0.5, 0.6) is 11.5 Å². The van der Waals surface area contributed by atoms with E-state index in [9.17, 15) is 19.7 Å². The Kier molecular flexibility index (Phi) is 12.5. The second-order valence-electron chi connectivity index (χ2n) is 6.44. The van der Waals surface area contributed by atoms with E-state index < -0.39 is 23.1 Å². The van der Waals surface area contributed by atoms with Gasteiger partial charge < -0.3 is 18.9 Å². The number of carbonyl (C=O) groups excluding carboxylic acids is 2. The van der Waals surface area contributed by atoms with Crippen LogP contribution in [0.2, 0.25) is 0 Å². The lowest BCUT2D eigenvalue weighted by Gasteiger charge is -2.21. The van der Waals surface area contributed by atoms with Gasteiger partial charge in [-0.2, -0.15) is 0 Å². The predicted molar refractivity (Wildman–Crippen MR) is 115 cm³/mol. The van der Waals surface area contributed by atoms with Crippen LogP contribution < -0.4 is 9.47 Å². The minimum atomic E-state index is -1.02. The Bertz CT molecular complexity index is 721. The number of hydrogen-bond acceptors (Lipinski definition) is 9. The molecule has 1 rings (SSSR count). The number of benzene rings is 1. The van der Waals surface area contributed by atoms with Crippen molar-refractivity contribution in [2.45, 2.75) is 47.6 Å². The van der Waals surface area contributed by atoms with E-state index in [1.807, 2.05) is 20.8 Å². The van der Waals surface area contributed by atoms with Crippen molar-refractivity contribution in [3.63, 3.8) is 0 Å². The quantitative estimate of drug-likeness (QED) is 0.279. The van der Waals surface area contributed by atoms with Crippen molar-refractivity contribution in [1.29, 1.82) is 0 Å². The summed E-state index contributed by atoms with van der Waals surface area (Å²) >= 11 is 1.19. The lowest BCUT2D eigenvalue weighted by atomic mass is 9.97. The Morgan fingerprint density at radius 2 is 1.67 bits per heavy atom. The Morgan fingerprint density at radius 3 is 2.17 bits per heavy atom. The molecule has 10 heteroatoms. The van der Waals surface area contributed by atoms with E-state index in [1.54, 1.807) is 13.8 Å². The Labute approximate surface area is 181 Å². The molecule has 0 amide bonds. The third-order valence-corrected chi connectivity index (χ3v) is 5.09. The molecule has 0 radical (unpaired) electrons. The first-order valence-corrected chi connectivity index (χ1v) is 10.5. The fourth-order valence-electron chi connectivity index (χ4n) is 2.06. The van der Waals surface area contributed by atoms with Crippen LogP contribution in [0.25, 0.3) is 0 Å². The molecule has 1 aromatic rings. The highest BCUT2D eigenvalue weighted by Crippen LogP contribution is 2.35. The number of thioether (sulfide) groups is 1. The number of hydrogen-bond donors (Lipinski definition) is 0. The highest BCUT2D eigenvalue weighted by Gasteiger charge is 2.30. The zero-order valence-electron chi connectivity index (χ0n) is 18.6. The molecule has 0 saturated carbocycles. The van der Waals surface area contributed by atoms with Crippen molar-refractivity contribution in [2.75, 3.05) is 26.6 Å². The van der Waals surface area contributed by atoms with Gasteiger partial charge in [0.05, 0.1) is 36.2 Å². The topological polar surface area (TPSA) is 114 Å². The summed E-state index contributed by atoms with van der Waals surface area (Å²) in [4.78, 5) is 34.6. The van der Waals surface area contributed by atoms with Crippen molar-refractivity contribution in [2.24, 2.45) is 5.41 Å². The molecule has 9 nitrogen and oxygen atoms in total. The first kappa shape index (κ1) is 27.5. The van der Waals surface area contributed by atoms with Gasteiger partial charge in [-0.15, -0.1) is 0 Å². The maximum Gasteiger partial charge on any atom is 0.508 e. The Hall–Kier alpha value is -2.49. The van der Waals surface area contributed by atoms with Crippen LogP contribution in [-0.2, 0) is 20.9 Å². The molecule has 30 heavy (non-hydrogen) atoms. The van der Waals surface area contributed by atoms with Gasteiger partial charge >= 0.3 is 6.16 Å². The SMILES string of the molecule is CC.CCCSC(=O)C(C)(C)COC(=O)OCc1cc(OC)c(OC)cc1[N+](=O)[O-]. The van der Waals surface area contributed by atoms with E-state index in [4.69, 9.17) is 18.9 Å². The third kappa shape index (κ3) is 8.48. The molecule has 0 bridgehead atoms. The van der Waals surface area contributed by atoms with Crippen molar-refractivity contribution < 1.29 is 33.5 Å². The smallest absolute Gasteiger partial charge is 0.493 e. The number of ether oxygens (including phenoxy) is 4. The molecule has 1 aromatic carbocycles. The lowest BCUT2D eigenvalue weighted by molar-refractivity contribution is -0.385. The average molecular weight is 446 g/mol. The normalized spacial score (nSPS) is 10.4. The molecule has 0 unspecified atom stereocenters. The molecule has 0 aliphatic rings. The minimum absolute atomic E-state index is 0.0855. The van der Waals surface area contributed by atoms with Gasteiger partial charge in [0.15, 0.2) is 16.6 Å². The maximum absolute atomic E-state index is 12.1. The van der Waals surface area contributed by atoms with Gasteiger partial charge in [-0.1, -0.05) is 32.5 Å². The molecule has 0 aromatic heterocycles. The number of nitro benzene ring substituents is 1. The van der Waals surface area contributed by atoms with Gasteiger partial charge in [0, 0.05) is 5.75 Å². The maximum atomic E-state index is 12.1. The van der Waals surface area contributed by atoms with Crippen LogP contribution in [-0.4, -0.2) is 42.8 Å². The fraction of sp³-hybridized carbons (Fsp3) is 0.600. The van der Waals surface area contributed by atoms with E-state index >= 15 is 0 Å². The number of nitrogens with zero attached hydrogens (tertiary/aromatic N) is 1. The summed E-state index contributed by atoms with van der Waals surface area (Å²) in [7, 11) is 2.75. The lowest BCUT2D eigenvalue weighted by Crippen LogP contribution is -2.29. The van der Waals surface area contributed by atoms with E-state index in [-0.39, 0.29) is 34.5 Å². The van der Waals surface area contributed by atoms with Gasteiger partial charge in [0.25, 0.3) is 5.69 Å². The predicted octanol–water partition coefficient (Wildman–Crippen LogP) is 4.99. The van der Waals surface area contributed by atoms with Crippen LogP contribution in [0.3, 0.4) is 0 Å². The van der Waals surface area contributed by atoms with Gasteiger partial charge in [0.1, 0.15) is 13.2 Å². The minimum Gasteiger partial charge on any atom is -0.493 e. The summed E-state index contributed by atoms with van der Waals surface area (Å²) in [6.07, 6.45) is -0.162. The standard InChI is InChI=1S/C18H25NO8S.C2H6/c1-6-7-28-16(20)18(2,3)11-27-17(21)26-10-12-8-14(24-4)15(25-5)9-13(12)19(22)23;1-2/h8-9H,6-7,10-11H2,1-5H3;1-2H3. The number of carbonyl (C=O) groups is 2. The summed E-state index contributed by atoms with van der Waals surface area (Å²) in [5.41, 5.74) is -1.03. The summed E-state index contributed by atoms with van der Waals surface area (Å²) in [6.45, 7) is 8.76. The molecule has 0 atom stereocenters. The van der Waals surface area contributed by atoms with Crippen LogP contribution in [0.4, 0.5) is 10.5 Å². The molecule has 0 saturated heterocycles. The monoisotopic (exact) mass is 445 g/mol. The van der Waals surface area contributed by atoms with Gasteiger partial charge in [-0.25, -0.2) is 4.79 Å². The average Bonchev–Trinajstić information content (AvgIpc) is 2.74. The van der Waals surface area contributed by atoms with Gasteiger partial charge in [-0.3, -0.25) is 14.9 Å². The van der Waals surface area contributed by atoms with Crippen molar-refractivity contribution in [1.82, 2.24) is 0 Å². The van der Waals surface area contributed by atoms with Gasteiger partial charge in [-0.05, 0) is 26.3 Å². The van der Waals surface area contributed by atoms with E-state index in [1.165, 1.54) is 38.1 Å². The van der Waals surface area contributed by atoms with Crippen molar-refractivity contribution in [3.8, 4) is 11.5 Å². The molecule has 0 heterocycles. The first-order valence-electron chi connectivity index (χ1n) is 9.52. The summed E-state index contributed by atoms with van der Waals surface area (Å²) in [5.74, 6) is 1.14. The first-order chi connectivity index (χ1) is 14.2. The number of rotatable bonds is 10. The van der Waals surface area contributed by atoms with Gasteiger partial charge in [0.2, 0.25) is 0 Å². The van der Waals surface area contributed by atoms with E-state index in [2.05, 4.69) is 0 Å². The summed E-state index contributed by atoms with van der Waals surface area (Å²) in [6, 6.07) is 2.55. The Morgan fingerprint density at radius 1 is 1.10 bits per heavy atom. The third-order valence-electron chi connectivity index (χ3n) is 3.67. The molecule has 0 aliphatic heterocycles. The molecule has 0 N–H and O–H groups in total. The molecule has 0 fully saturated rings. The van der Waals surface area contributed by atoms with E-state index in [0.29, 0.717) is 5.75 Å². The molecule has 0 aliphatic carbocycles. The second kappa shape index (κ2) is 13.7.